The molecule has 5 nitrogen and oxygen atoms in total. The Hall–Kier alpha value is -1.78. The lowest BCUT2D eigenvalue weighted by Crippen LogP contribution is -2.37. The number of amides is 1. The van der Waals surface area contributed by atoms with E-state index in [4.69, 9.17) is 4.74 Å². The fraction of sp³-hybridized carbons (Fsp3) is 0.500. The van der Waals surface area contributed by atoms with Crippen LogP contribution in [0.2, 0.25) is 0 Å². The summed E-state index contributed by atoms with van der Waals surface area (Å²) in [6, 6.07) is 1.54. The molecule has 17 heavy (non-hydrogen) atoms. The van der Waals surface area contributed by atoms with Crippen LogP contribution in [0.25, 0.3) is 0 Å². The van der Waals surface area contributed by atoms with Gasteiger partial charge in [-0.05, 0) is 26.8 Å². The predicted octanol–water partition coefficient (Wildman–Crippen LogP) is 1.34. The molecular weight excluding hydrogens is 218 g/mol. The first-order valence-corrected chi connectivity index (χ1v) is 5.63. The molecule has 1 heterocycles. The molecule has 1 aromatic heterocycles. The van der Waals surface area contributed by atoms with E-state index in [1.165, 1.54) is 0 Å². The van der Waals surface area contributed by atoms with Gasteiger partial charge < -0.3 is 15.4 Å². The van der Waals surface area contributed by atoms with Crippen LogP contribution in [0.5, 0.6) is 5.75 Å². The number of aryl methyl sites for hydroxylation is 1. The second-order valence-corrected chi connectivity index (χ2v) is 3.79. The van der Waals surface area contributed by atoms with E-state index >= 15 is 0 Å². The summed E-state index contributed by atoms with van der Waals surface area (Å²) in [6.45, 7) is 6.21. The Morgan fingerprint density at radius 1 is 1.59 bits per heavy atom. The highest BCUT2D eigenvalue weighted by Crippen LogP contribution is 2.24. The van der Waals surface area contributed by atoms with Crippen molar-refractivity contribution in [1.82, 2.24) is 10.3 Å². The summed E-state index contributed by atoms with van der Waals surface area (Å²) in [6.07, 6.45) is 1.64. The highest BCUT2D eigenvalue weighted by atomic mass is 16.5. The zero-order valence-electron chi connectivity index (χ0n) is 10.7. The number of carbonyl (C=O) groups excluding carboxylic acids is 1. The van der Waals surface area contributed by atoms with Gasteiger partial charge in [0.1, 0.15) is 6.04 Å². The van der Waals surface area contributed by atoms with Crippen LogP contribution in [0.1, 0.15) is 19.5 Å². The Labute approximate surface area is 102 Å². The minimum absolute atomic E-state index is 0.0379. The molecule has 0 saturated heterocycles. The van der Waals surface area contributed by atoms with E-state index in [0.717, 1.165) is 11.4 Å². The molecule has 1 amide bonds. The summed E-state index contributed by atoms with van der Waals surface area (Å²) in [5.41, 5.74) is 1.65. The average Bonchev–Trinajstić information content (AvgIpc) is 2.29. The van der Waals surface area contributed by atoms with Crippen molar-refractivity contribution in [2.45, 2.75) is 26.8 Å². The smallest absolute Gasteiger partial charge is 0.242 e. The van der Waals surface area contributed by atoms with Crippen molar-refractivity contribution >= 4 is 11.6 Å². The highest BCUT2D eigenvalue weighted by Gasteiger charge is 2.13. The molecule has 0 fully saturated rings. The fourth-order valence-corrected chi connectivity index (χ4v) is 1.45. The molecule has 1 rings (SSSR count). The van der Waals surface area contributed by atoms with Crippen LogP contribution in [-0.2, 0) is 4.79 Å². The Morgan fingerprint density at radius 3 is 2.88 bits per heavy atom. The number of likely N-dealkylation sites (N-methyl/N-ethyl adjacent to an activating group) is 1. The van der Waals surface area contributed by atoms with Gasteiger partial charge in [0, 0.05) is 12.2 Å². The topological polar surface area (TPSA) is 63.2 Å². The third-order valence-corrected chi connectivity index (χ3v) is 2.34. The molecule has 1 unspecified atom stereocenters. The maximum Gasteiger partial charge on any atom is 0.242 e. The van der Waals surface area contributed by atoms with Crippen LogP contribution in [0.15, 0.2) is 12.3 Å². The molecule has 0 aromatic carbocycles. The van der Waals surface area contributed by atoms with Crippen molar-refractivity contribution in [2.24, 2.45) is 0 Å². The average molecular weight is 237 g/mol. The molecule has 0 aliphatic rings. The second kappa shape index (κ2) is 6.08. The van der Waals surface area contributed by atoms with Gasteiger partial charge >= 0.3 is 0 Å². The summed E-state index contributed by atoms with van der Waals surface area (Å²) in [7, 11) is 1.58. The highest BCUT2D eigenvalue weighted by molar-refractivity contribution is 5.84. The number of carbonyl (C=O) groups is 1. The van der Waals surface area contributed by atoms with Crippen LogP contribution in [0.3, 0.4) is 0 Å². The van der Waals surface area contributed by atoms with Crippen molar-refractivity contribution in [2.75, 3.05) is 19.0 Å². The zero-order chi connectivity index (χ0) is 12.8. The molecule has 0 bridgehead atoms. The summed E-state index contributed by atoms with van der Waals surface area (Å²) in [4.78, 5) is 15.7. The zero-order valence-corrected chi connectivity index (χ0v) is 10.7. The standard InChI is InChI=1S/C12H19N3O2/c1-5-13-12(16)9(3)15-10-6-8(2)14-7-11(10)17-4/h6-7,9H,5H2,1-4H3,(H,13,16)(H,14,15). The molecular formula is C12H19N3O2. The van der Waals surface area contributed by atoms with Gasteiger partial charge in [-0.3, -0.25) is 9.78 Å². The normalized spacial score (nSPS) is 11.8. The Morgan fingerprint density at radius 2 is 2.29 bits per heavy atom. The molecule has 0 aliphatic heterocycles. The van der Waals surface area contributed by atoms with Gasteiger partial charge in [-0.25, -0.2) is 0 Å². The number of hydrogen-bond donors (Lipinski definition) is 2. The quantitative estimate of drug-likeness (QED) is 0.811. The van der Waals surface area contributed by atoms with E-state index in [0.29, 0.717) is 12.3 Å². The monoisotopic (exact) mass is 237 g/mol. The Kier molecular flexibility index (Phi) is 4.75. The fourth-order valence-electron chi connectivity index (χ4n) is 1.45. The number of aromatic nitrogens is 1. The van der Waals surface area contributed by atoms with Gasteiger partial charge in [-0.15, -0.1) is 0 Å². The van der Waals surface area contributed by atoms with Gasteiger partial charge in [-0.1, -0.05) is 0 Å². The van der Waals surface area contributed by atoms with Gasteiger partial charge in [0.15, 0.2) is 5.75 Å². The number of pyridine rings is 1. The first-order chi connectivity index (χ1) is 8.08. The molecule has 5 heteroatoms. The predicted molar refractivity (Wildman–Crippen MR) is 67.3 cm³/mol. The maximum absolute atomic E-state index is 11.6. The molecule has 0 spiro atoms. The van der Waals surface area contributed by atoms with Crippen LogP contribution < -0.4 is 15.4 Å². The number of nitrogens with one attached hydrogen (secondary N) is 2. The molecule has 0 radical (unpaired) electrons. The third-order valence-electron chi connectivity index (χ3n) is 2.34. The van der Waals surface area contributed by atoms with Crippen molar-refractivity contribution < 1.29 is 9.53 Å². The van der Waals surface area contributed by atoms with Gasteiger partial charge in [0.25, 0.3) is 0 Å². The van der Waals surface area contributed by atoms with E-state index in [2.05, 4.69) is 15.6 Å². The summed E-state index contributed by atoms with van der Waals surface area (Å²) in [5.74, 6) is 0.593. The second-order valence-electron chi connectivity index (χ2n) is 3.79. The van der Waals surface area contributed by atoms with Gasteiger partial charge in [0.2, 0.25) is 5.91 Å². The van der Waals surface area contributed by atoms with E-state index in [1.807, 2.05) is 19.9 Å². The van der Waals surface area contributed by atoms with Crippen molar-refractivity contribution in [3.63, 3.8) is 0 Å². The number of methoxy groups -OCH3 is 1. The maximum atomic E-state index is 11.6. The minimum atomic E-state index is -0.314. The van der Waals surface area contributed by atoms with Crippen LogP contribution in [-0.4, -0.2) is 30.6 Å². The SMILES string of the molecule is CCNC(=O)C(C)Nc1cc(C)ncc1OC. The first kappa shape index (κ1) is 13.3. The van der Waals surface area contributed by atoms with E-state index in [9.17, 15) is 4.79 Å². The largest absolute Gasteiger partial charge is 0.493 e. The van der Waals surface area contributed by atoms with Gasteiger partial charge in [-0.2, -0.15) is 0 Å². The minimum Gasteiger partial charge on any atom is -0.493 e. The lowest BCUT2D eigenvalue weighted by atomic mass is 10.2. The van der Waals surface area contributed by atoms with Crippen molar-refractivity contribution in [3.05, 3.63) is 18.0 Å². The molecule has 0 aliphatic carbocycles. The van der Waals surface area contributed by atoms with Crippen LogP contribution >= 0.6 is 0 Å². The molecule has 94 valence electrons. The summed E-state index contributed by atoms with van der Waals surface area (Å²) >= 11 is 0. The number of hydrogen-bond acceptors (Lipinski definition) is 4. The Bertz CT molecular complexity index is 393. The lowest BCUT2D eigenvalue weighted by Gasteiger charge is -2.17. The first-order valence-electron chi connectivity index (χ1n) is 5.63. The van der Waals surface area contributed by atoms with Gasteiger partial charge in [0.05, 0.1) is 19.0 Å². The number of anilines is 1. The molecule has 1 atom stereocenters. The van der Waals surface area contributed by atoms with E-state index < -0.39 is 0 Å². The molecule has 0 saturated carbocycles. The van der Waals surface area contributed by atoms with Crippen molar-refractivity contribution in [3.8, 4) is 5.75 Å². The summed E-state index contributed by atoms with van der Waals surface area (Å²) < 4.78 is 5.18. The number of ether oxygens (including phenoxy) is 1. The molecule has 2 N–H and O–H groups in total. The summed E-state index contributed by atoms with van der Waals surface area (Å²) in [5, 5.41) is 5.87. The molecule has 1 aromatic rings. The lowest BCUT2D eigenvalue weighted by molar-refractivity contribution is -0.121. The van der Waals surface area contributed by atoms with E-state index in [1.54, 1.807) is 20.2 Å². The number of nitrogens with zero attached hydrogens (tertiary/aromatic N) is 1. The number of rotatable bonds is 5. The van der Waals surface area contributed by atoms with Crippen LogP contribution in [0, 0.1) is 6.92 Å². The Balaban J connectivity index is 2.79. The van der Waals surface area contributed by atoms with Crippen LogP contribution in [0.4, 0.5) is 5.69 Å². The van der Waals surface area contributed by atoms with E-state index in [-0.39, 0.29) is 11.9 Å². The third kappa shape index (κ3) is 3.62. The van der Waals surface area contributed by atoms with Crippen molar-refractivity contribution in [1.29, 1.82) is 0 Å².